The van der Waals surface area contributed by atoms with Crippen LogP contribution >= 0.6 is 0 Å². The van der Waals surface area contributed by atoms with Gasteiger partial charge in [-0.1, -0.05) is 0 Å². The van der Waals surface area contributed by atoms with Crippen LogP contribution < -0.4 is 0 Å². The summed E-state index contributed by atoms with van der Waals surface area (Å²) in [5.41, 5.74) is 0. The molecule has 1 aliphatic rings. The molecule has 102 valence electrons. The molecule has 1 N–H and O–H groups in total. The van der Waals surface area contributed by atoms with Crippen LogP contribution in [0.4, 0.5) is 0 Å². The van der Waals surface area contributed by atoms with Gasteiger partial charge in [0.25, 0.3) is 0 Å². The van der Waals surface area contributed by atoms with Gasteiger partial charge in [0.1, 0.15) is 0 Å². The molecule has 1 aliphatic heterocycles. The Labute approximate surface area is 104 Å². The Balaban J connectivity index is 0.000000437. The molecule has 7 nitrogen and oxygen atoms in total. The van der Waals surface area contributed by atoms with Crippen molar-refractivity contribution in [3.8, 4) is 0 Å². The van der Waals surface area contributed by atoms with Crippen LogP contribution in [-0.2, 0) is 30.9 Å². The van der Waals surface area contributed by atoms with Crippen molar-refractivity contribution in [2.75, 3.05) is 33.0 Å². The van der Waals surface area contributed by atoms with Gasteiger partial charge in [-0.25, -0.2) is 0 Å². The molecule has 1 rings (SSSR count). The van der Waals surface area contributed by atoms with Crippen LogP contribution in [0.1, 0.15) is 13.8 Å². The summed E-state index contributed by atoms with van der Waals surface area (Å²) in [5.74, 6) is 0. The van der Waals surface area contributed by atoms with E-state index < -0.39 is 15.8 Å². The zero-order valence-electron chi connectivity index (χ0n) is 10.0. The Morgan fingerprint density at radius 1 is 1.24 bits per heavy atom. The molecule has 0 unspecified atom stereocenters. The van der Waals surface area contributed by atoms with Gasteiger partial charge in [0.15, 0.2) is 0 Å². The van der Waals surface area contributed by atoms with Gasteiger partial charge >= 0.3 is 30.0 Å². The second kappa shape index (κ2) is 8.42. The normalized spacial score (nSPS) is 14.8. The number of nitrogens with zero attached hydrogens (tertiary/aromatic N) is 2. The first-order chi connectivity index (χ1) is 7.86. The van der Waals surface area contributed by atoms with Crippen LogP contribution in [0.15, 0.2) is 12.4 Å². The fourth-order valence-corrected chi connectivity index (χ4v) is 1.19. The molecule has 0 bridgehead atoms. The fraction of sp³-hybridized carbons (Fsp3) is 0.778. The fourth-order valence-electron chi connectivity index (χ4n) is 1.19. The van der Waals surface area contributed by atoms with Gasteiger partial charge < -0.3 is 14.5 Å². The van der Waals surface area contributed by atoms with Crippen LogP contribution in [0.5, 0.6) is 0 Å². The molecular formula is C9H19N2O5Re. The molecule has 0 saturated heterocycles. The Morgan fingerprint density at radius 3 is 2.18 bits per heavy atom. The average molecular weight is 421 g/mol. The Hall–Kier alpha value is -0.678. The van der Waals surface area contributed by atoms with Crippen molar-refractivity contribution in [1.82, 2.24) is 9.80 Å². The molecule has 8 heteroatoms. The van der Waals surface area contributed by atoms with E-state index in [1.807, 2.05) is 6.92 Å². The molecule has 0 aromatic heterocycles. The summed E-state index contributed by atoms with van der Waals surface area (Å²) in [5, 5.41) is 0. The molecular weight excluding hydrogens is 402 g/mol. The van der Waals surface area contributed by atoms with Crippen molar-refractivity contribution >= 4 is 0 Å². The summed E-state index contributed by atoms with van der Waals surface area (Å²) < 4.78 is 38.6. The van der Waals surface area contributed by atoms with E-state index in [9.17, 15) is 0 Å². The molecule has 1 heterocycles. The minimum absolute atomic E-state index is 0.815. The van der Waals surface area contributed by atoms with Gasteiger partial charge in [-0.2, -0.15) is 0 Å². The summed E-state index contributed by atoms with van der Waals surface area (Å²) in [6.45, 7) is 8.94. The second-order valence-electron chi connectivity index (χ2n) is 3.25. The predicted molar refractivity (Wildman–Crippen MR) is 53.9 cm³/mol. The SMILES string of the molecule is CCOCCN1C=CN(CC)C1.[O]=[Re](=[O])(=[O])[OH]. The van der Waals surface area contributed by atoms with E-state index in [2.05, 4.69) is 29.1 Å². The van der Waals surface area contributed by atoms with E-state index in [1.54, 1.807) is 0 Å². The van der Waals surface area contributed by atoms with Gasteiger partial charge in [0.05, 0.1) is 13.3 Å². The number of hydrogen-bond donors (Lipinski definition) is 1. The van der Waals surface area contributed by atoms with Crippen molar-refractivity contribution in [1.29, 1.82) is 0 Å². The first kappa shape index (κ1) is 16.3. The number of rotatable bonds is 5. The van der Waals surface area contributed by atoms with Crippen molar-refractivity contribution in [3.05, 3.63) is 12.4 Å². The van der Waals surface area contributed by atoms with Crippen molar-refractivity contribution in [2.45, 2.75) is 13.8 Å². The Kier molecular flexibility index (Phi) is 8.08. The van der Waals surface area contributed by atoms with E-state index >= 15 is 0 Å². The summed E-state index contributed by atoms with van der Waals surface area (Å²) in [7, 11) is 0. The maximum atomic E-state index is 8.75. The van der Waals surface area contributed by atoms with Crippen molar-refractivity contribution in [3.63, 3.8) is 0 Å². The first-order valence-corrected chi connectivity index (χ1v) is 9.78. The predicted octanol–water partition coefficient (Wildman–Crippen LogP) is 0.173. The van der Waals surface area contributed by atoms with Crippen molar-refractivity contribution < 1.29 is 34.8 Å². The van der Waals surface area contributed by atoms with E-state index in [0.717, 1.165) is 33.0 Å². The van der Waals surface area contributed by atoms with Crippen molar-refractivity contribution in [2.24, 2.45) is 0 Å². The van der Waals surface area contributed by atoms with E-state index in [1.165, 1.54) is 0 Å². The molecule has 0 aromatic carbocycles. The van der Waals surface area contributed by atoms with Crippen LogP contribution in [0.3, 0.4) is 0 Å². The van der Waals surface area contributed by atoms with Gasteiger partial charge in [0.2, 0.25) is 0 Å². The van der Waals surface area contributed by atoms with E-state index in [4.69, 9.17) is 19.0 Å². The molecule has 0 aromatic rings. The van der Waals surface area contributed by atoms with E-state index in [-0.39, 0.29) is 0 Å². The monoisotopic (exact) mass is 422 g/mol. The Morgan fingerprint density at radius 2 is 1.76 bits per heavy atom. The molecule has 0 amide bonds. The maximum absolute atomic E-state index is 8.75. The standard InChI is InChI=1S/C9H18N2O.H2O.3O.Re/c1-3-10-5-6-11(9-10)7-8-12-4-2;;;;;/h5-6H,3-4,7-9H2,1-2H3;1H2;;;;/q;;;;;+1/p-1. The van der Waals surface area contributed by atoms with Crippen LogP contribution in [-0.4, -0.2) is 46.6 Å². The molecule has 0 saturated carbocycles. The molecule has 0 radical (unpaired) electrons. The van der Waals surface area contributed by atoms with Gasteiger partial charge in [-0.3, -0.25) is 0 Å². The minimum atomic E-state index is -5.86. The van der Waals surface area contributed by atoms with Crippen LogP contribution in [0, 0.1) is 0 Å². The average Bonchev–Trinajstić information content (AvgIpc) is 2.64. The first-order valence-electron chi connectivity index (χ1n) is 5.24. The number of ether oxygens (including phenoxy) is 1. The van der Waals surface area contributed by atoms with Gasteiger partial charge in [0, 0.05) is 32.1 Å². The second-order valence-corrected chi connectivity index (χ2v) is 6.10. The van der Waals surface area contributed by atoms with Gasteiger partial charge in [-0.05, 0) is 13.8 Å². The molecule has 0 fully saturated rings. The van der Waals surface area contributed by atoms with E-state index in [0.29, 0.717) is 0 Å². The molecule has 17 heavy (non-hydrogen) atoms. The third kappa shape index (κ3) is 11.6. The molecule has 0 atom stereocenters. The zero-order chi connectivity index (χ0) is 13.3. The topological polar surface area (TPSA) is 87.2 Å². The third-order valence-corrected chi connectivity index (χ3v) is 1.98. The molecule has 0 spiro atoms. The third-order valence-electron chi connectivity index (χ3n) is 1.98. The molecule has 0 aliphatic carbocycles. The summed E-state index contributed by atoms with van der Waals surface area (Å²) >= 11 is -5.86. The summed E-state index contributed by atoms with van der Waals surface area (Å²) in [6, 6.07) is 0. The quantitative estimate of drug-likeness (QED) is 0.634. The Bertz CT molecular complexity index is 359. The zero-order valence-corrected chi connectivity index (χ0v) is 12.8. The van der Waals surface area contributed by atoms with Crippen LogP contribution in [0.2, 0.25) is 0 Å². The summed E-state index contributed by atoms with van der Waals surface area (Å²) in [4.78, 5) is 4.53. The number of hydrogen-bond acceptors (Lipinski definition) is 6. The summed E-state index contributed by atoms with van der Waals surface area (Å²) in [6.07, 6.45) is 4.26. The van der Waals surface area contributed by atoms with Crippen LogP contribution in [0.25, 0.3) is 0 Å². The van der Waals surface area contributed by atoms with Gasteiger partial charge in [-0.15, -0.1) is 0 Å².